The second-order valence-corrected chi connectivity index (χ2v) is 11.4. The number of rotatable bonds is 9. The molecule has 1 heterocycles. The van der Waals surface area contributed by atoms with Crippen LogP contribution in [-0.2, 0) is 21.5 Å². The van der Waals surface area contributed by atoms with Crippen LogP contribution in [0.1, 0.15) is 11.1 Å². The van der Waals surface area contributed by atoms with Gasteiger partial charge in [-0.25, -0.2) is 0 Å². The van der Waals surface area contributed by atoms with Gasteiger partial charge in [-0.2, -0.15) is 8.42 Å². The lowest BCUT2D eigenvalue weighted by Gasteiger charge is -2.14. The number of carbonyl (C=O) groups is 2. The average molecular weight is 650 g/mol. The summed E-state index contributed by atoms with van der Waals surface area (Å²) in [6, 6.07) is 12.6. The first-order valence-corrected chi connectivity index (χ1v) is 14.0. The zero-order valence-electron chi connectivity index (χ0n) is 20.2. The zero-order chi connectivity index (χ0) is 29.2. The zero-order valence-corrected chi connectivity index (χ0v) is 23.4. The first-order valence-electron chi connectivity index (χ1n) is 10.9. The van der Waals surface area contributed by atoms with E-state index in [9.17, 15) is 38.2 Å². The van der Waals surface area contributed by atoms with Crippen molar-refractivity contribution in [2.75, 3.05) is 7.11 Å². The van der Waals surface area contributed by atoms with E-state index in [1.165, 1.54) is 55.7 Å². The molecule has 3 aromatic rings. The minimum Gasteiger partial charge on any atom is -0.493 e. The van der Waals surface area contributed by atoms with Gasteiger partial charge in [0.05, 0.1) is 32.9 Å². The molecular formula is C24H16BrN3O10S2. The molecule has 0 spiro atoms. The van der Waals surface area contributed by atoms with Crippen molar-refractivity contribution in [2.24, 2.45) is 0 Å². The van der Waals surface area contributed by atoms with E-state index in [4.69, 9.17) is 8.92 Å². The fraction of sp³-hybridized carbons (Fsp3) is 0.0833. The molecule has 0 atom stereocenters. The molecule has 206 valence electrons. The van der Waals surface area contributed by atoms with Crippen molar-refractivity contribution in [3.05, 3.63) is 101 Å². The number of ether oxygens (including phenoxy) is 1. The molecule has 0 bridgehead atoms. The van der Waals surface area contributed by atoms with Crippen molar-refractivity contribution >= 4 is 66.4 Å². The van der Waals surface area contributed by atoms with E-state index in [0.717, 1.165) is 23.1 Å². The SMILES string of the molecule is COc1cc(/C=C2\SC(=O)N(Cc3ccc([N+](=O)[O-])cc3)C2=O)cc(Br)c1OS(=O)(=O)c1cccc([N+](=O)[O-])c1. The van der Waals surface area contributed by atoms with Gasteiger partial charge in [-0.15, -0.1) is 0 Å². The van der Waals surface area contributed by atoms with E-state index in [1.807, 2.05) is 0 Å². The summed E-state index contributed by atoms with van der Waals surface area (Å²) in [5.74, 6) is -0.866. The molecule has 1 saturated heterocycles. The van der Waals surface area contributed by atoms with Crippen LogP contribution in [0, 0.1) is 20.2 Å². The summed E-state index contributed by atoms with van der Waals surface area (Å²) >= 11 is 3.92. The van der Waals surface area contributed by atoms with Crippen molar-refractivity contribution < 1.29 is 36.8 Å². The summed E-state index contributed by atoms with van der Waals surface area (Å²) in [6.45, 7) is -0.0880. The van der Waals surface area contributed by atoms with Crippen LogP contribution >= 0.6 is 27.7 Å². The topological polar surface area (TPSA) is 176 Å². The van der Waals surface area contributed by atoms with E-state index in [0.29, 0.717) is 22.9 Å². The Hall–Kier alpha value is -4.28. The Morgan fingerprint density at radius 1 is 1.00 bits per heavy atom. The molecule has 4 rings (SSSR count). The Morgan fingerprint density at radius 2 is 1.68 bits per heavy atom. The molecule has 1 aliphatic rings. The number of nitrogens with zero attached hydrogens (tertiary/aromatic N) is 3. The molecular weight excluding hydrogens is 634 g/mol. The van der Waals surface area contributed by atoms with Gasteiger partial charge in [-0.3, -0.25) is 34.7 Å². The van der Waals surface area contributed by atoms with Gasteiger partial charge in [0.2, 0.25) is 0 Å². The van der Waals surface area contributed by atoms with Crippen molar-refractivity contribution in [1.29, 1.82) is 0 Å². The minimum atomic E-state index is -4.50. The third-order valence-electron chi connectivity index (χ3n) is 5.42. The number of benzene rings is 3. The maximum Gasteiger partial charge on any atom is 0.339 e. The number of hydrogen-bond acceptors (Lipinski definition) is 11. The second-order valence-electron chi connectivity index (χ2n) is 8.02. The molecule has 13 nitrogen and oxygen atoms in total. The summed E-state index contributed by atoms with van der Waals surface area (Å²) in [6.07, 6.45) is 1.41. The van der Waals surface area contributed by atoms with Crippen molar-refractivity contribution in [2.45, 2.75) is 11.4 Å². The van der Waals surface area contributed by atoms with E-state index in [1.54, 1.807) is 0 Å². The number of amides is 2. The first-order chi connectivity index (χ1) is 18.9. The maximum atomic E-state index is 12.9. The van der Waals surface area contributed by atoms with Crippen LogP contribution in [0.15, 0.2) is 74.9 Å². The summed E-state index contributed by atoms with van der Waals surface area (Å²) in [5, 5.41) is 21.3. The number of imide groups is 1. The van der Waals surface area contributed by atoms with Crippen LogP contribution in [0.4, 0.5) is 16.2 Å². The predicted octanol–water partition coefficient (Wildman–Crippen LogP) is 5.28. The van der Waals surface area contributed by atoms with Gasteiger partial charge in [0.15, 0.2) is 11.5 Å². The maximum absolute atomic E-state index is 12.9. The molecule has 40 heavy (non-hydrogen) atoms. The Labute approximate surface area is 238 Å². The lowest BCUT2D eigenvalue weighted by Crippen LogP contribution is -2.27. The number of halogens is 1. The summed E-state index contributed by atoms with van der Waals surface area (Å²) in [5.41, 5.74) is 0.325. The third-order valence-corrected chi connectivity index (χ3v) is 8.13. The molecule has 3 aromatic carbocycles. The standard InChI is InChI=1S/C24H16BrN3O10S2/c1-37-20-10-15(9-19(25)22(20)38-40(35,36)18-4-2-3-17(12-18)28(33)34)11-21-23(29)26(24(30)39-21)13-14-5-7-16(8-6-14)27(31)32/h2-12H,13H2,1H3/b21-11-. The van der Waals surface area contributed by atoms with Gasteiger partial charge in [-0.1, -0.05) is 18.2 Å². The number of nitro benzene ring substituents is 2. The van der Waals surface area contributed by atoms with Crippen LogP contribution in [-0.4, -0.2) is 41.4 Å². The monoisotopic (exact) mass is 649 g/mol. The van der Waals surface area contributed by atoms with Crippen molar-refractivity contribution in [1.82, 2.24) is 4.90 Å². The average Bonchev–Trinajstić information content (AvgIpc) is 3.17. The van der Waals surface area contributed by atoms with E-state index in [2.05, 4.69) is 15.9 Å². The number of thioether (sulfide) groups is 1. The highest BCUT2D eigenvalue weighted by atomic mass is 79.9. The van der Waals surface area contributed by atoms with Gasteiger partial charge in [0.1, 0.15) is 4.90 Å². The Morgan fingerprint density at radius 3 is 2.30 bits per heavy atom. The second kappa shape index (κ2) is 11.4. The molecule has 1 aliphatic heterocycles. The number of nitro groups is 2. The highest BCUT2D eigenvalue weighted by Gasteiger charge is 2.35. The Balaban J connectivity index is 1.58. The molecule has 0 saturated carbocycles. The fourth-order valence-electron chi connectivity index (χ4n) is 3.51. The van der Waals surface area contributed by atoms with Gasteiger partial charge >= 0.3 is 10.1 Å². The summed E-state index contributed by atoms with van der Waals surface area (Å²) < 4.78 is 36.3. The lowest BCUT2D eigenvalue weighted by molar-refractivity contribution is -0.385. The Kier molecular flexibility index (Phi) is 8.22. The quantitative estimate of drug-likeness (QED) is 0.127. The molecule has 2 amide bonds. The van der Waals surface area contributed by atoms with Crippen LogP contribution in [0.5, 0.6) is 11.5 Å². The van der Waals surface area contributed by atoms with Gasteiger partial charge < -0.3 is 8.92 Å². The molecule has 1 fully saturated rings. The lowest BCUT2D eigenvalue weighted by atomic mass is 10.1. The van der Waals surface area contributed by atoms with Crippen molar-refractivity contribution in [3.8, 4) is 11.5 Å². The van der Waals surface area contributed by atoms with Crippen LogP contribution in [0.3, 0.4) is 0 Å². The minimum absolute atomic E-state index is 0.0419. The van der Waals surface area contributed by atoms with E-state index >= 15 is 0 Å². The smallest absolute Gasteiger partial charge is 0.339 e. The normalized spacial score (nSPS) is 14.4. The van der Waals surface area contributed by atoms with Crippen LogP contribution in [0.2, 0.25) is 0 Å². The number of non-ortho nitro benzene ring substituents is 2. The van der Waals surface area contributed by atoms with Crippen LogP contribution in [0.25, 0.3) is 6.08 Å². The molecule has 16 heteroatoms. The van der Waals surface area contributed by atoms with E-state index in [-0.39, 0.29) is 33.1 Å². The highest BCUT2D eigenvalue weighted by Crippen LogP contribution is 2.41. The van der Waals surface area contributed by atoms with Gasteiger partial charge in [-0.05, 0) is 63.1 Å². The number of hydrogen-bond donors (Lipinski definition) is 0. The molecule has 0 N–H and O–H groups in total. The molecule has 0 aromatic heterocycles. The van der Waals surface area contributed by atoms with Crippen molar-refractivity contribution in [3.63, 3.8) is 0 Å². The molecule has 0 radical (unpaired) electrons. The largest absolute Gasteiger partial charge is 0.493 e. The van der Waals surface area contributed by atoms with Gasteiger partial charge in [0.25, 0.3) is 22.5 Å². The van der Waals surface area contributed by atoms with Gasteiger partial charge in [0, 0.05) is 24.3 Å². The van der Waals surface area contributed by atoms with E-state index < -0.39 is 41.7 Å². The predicted molar refractivity (Wildman–Crippen MR) is 146 cm³/mol. The highest BCUT2D eigenvalue weighted by molar-refractivity contribution is 9.10. The molecule has 0 unspecified atom stereocenters. The fourth-order valence-corrected chi connectivity index (χ4v) is 5.99. The summed E-state index contributed by atoms with van der Waals surface area (Å²) in [4.78, 5) is 46.7. The van der Waals surface area contributed by atoms with Crippen LogP contribution < -0.4 is 8.92 Å². The molecule has 0 aliphatic carbocycles. The Bertz CT molecular complexity index is 1690. The number of methoxy groups -OCH3 is 1. The first kappa shape index (κ1) is 28.7. The third kappa shape index (κ3) is 6.13. The summed E-state index contributed by atoms with van der Waals surface area (Å²) in [7, 11) is -3.24. The number of carbonyl (C=O) groups excluding carboxylic acids is 2.